The second kappa shape index (κ2) is 4.35. The average Bonchev–Trinajstić information content (AvgIpc) is 2.07. The minimum Gasteiger partial charge on any atom is -0.381 e. The molecule has 0 unspecified atom stereocenters. The van der Waals surface area contributed by atoms with E-state index in [1.807, 2.05) is 0 Å². The van der Waals surface area contributed by atoms with Crippen LogP contribution in [-0.4, -0.2) is 19.8 Å². The van der Waals surface area contributed by atoms with Crippen LogP contribution >= 0.6 is 0 Å². The summed E-state index contributed by atoms with van der Waals surface area (Å²) in [6.07, 6.45) is 5.13. The topological polar surface area (TPSA) is 13.6 Å². The van der Waals surface area contributed by atoms with Crippen molar-refractivity contribution in [1.29, 1.82) is 0 Å². The van der Waals surface area contributed by atoms with Gasteiger partial charge in [-0.1, -0.05) is 0 Å². The van der Waals surface area contributed by atoms with Crippen LogP contribution in [-0.2, 0) is 4.74 Å². The Morgan fingerprint density at radius 1 is 1.36 bits per heavy atom. The molecule has 62 valence electrons. The molecule has 2 nitrogen and oxygen atoms in total. The van der Waals surface area contributed by atoms with Crippen LogP contribution in [0.2, 0.25) is 0 Å². The van der Waals surface area contributed by atoms with E-state index in [9.17, 15) is 0 Å². The maximum atomic E-state index is 6.73. The highest BCUT2D eigenvalue weighted by atomic mass is 16.5. The lowest BCUT2D eigenvalue weighted by Gasteiger charge is -2.24. The first kappa shape index (κ1) is 8.55. The molecule has 1 aliphatic carbocycles. The first-order valence-corrected chi connectivity index (χ1v) is 4.23. The molecule has 0 N–H and O–H groups in total. The molecule has 0 aliphatic heterocycles. The molecular formula is C9H15NO. The lowest BCUT2D eigenvalue weighted by Crippen LogP contribution is -2.21. The molecule has 1 fully saturated rings. The molecule has 0 bridgehead atoms. The van der Waals surface area contributed by atoms with Crippen molar-refractivity contribution < 1.29 is 4.74 Å². The van der Waals surface area contributed by atoms with Gasteiger partial charge in [0, 0.05) is 13.0 Å². The second-order valence-electron chi connectivity index (χ2n) is 3.22. The summed E-state index contributed by atoms with van der Waals surface area (Å²) >= 11 is 0. The van der Waals surface area contributed by atoms with E-state index >= 15 is 0 Å². The molecule has 1 aliphatic rings. The maximum absolute atomic E-state index is 6.73. The molecular weight excluding hydrogens is 138 g/mol. The van der Waals surface area contributed by atoms with Crippen molar-refractivity contribution in [2.24, 2.45) is 5.92 Å². The molecule has 0 radical (unpaired) electrons. The molecule has 11 heavy (non-hydrogen) atoms. The Hall–Kier alpha value is -0.550. The molecule has 1 saturated carbocycles. The fraction of sp³-hybridized carbons (Fsp3) is 0.889. The van der Waals surface area contributed by atoms with Crippen LogP contribution in [0.4, 0.5) is 0 Å². The summed E-state index contributed by atoms with van der Waals surface area (Å²) in [6.45, 7) is 7.45. The minimum absolute atomic E-state index is 0.469. The summed E-state index contributed by atoms with van der Waals surface area (Å²) in [5.41, 5.74) is 0. The molecule has 0 heterocycles. The Morgan fingerprint density at radius 3 is 2.45 bits per heavy atom. The lowest BCUT2D eigenvalue weighted by atomic mass is 9.87. The summed E-state index contributed by atoms with van der Waals surface area (Å²) in [5, 5.41) is 0. The van der Waals surface area contributed by atoms with E-state index in [1.165, 1.54) is 12.8 Å². The first-order chi connectivity index (χ1) is 5.36. The number of ether oxygens (including phenoxy) is 1. The van der Waals surface area contributed by atoms with Gasteiger partial charge in [-0.15, -0.1) is 0 Å². The summed E-state index contributed by atoms with van der Waals surface area (Å²) in [6, 6.07) is 0. The van der Waals surface area contributed by atoms with Crippen molar-refractivity contribution in [2.75, 3.05) is 13.7 Å². The van der Waals surface area contributed by atoms with Crippen LogP contribution < -0.4 is 0 Å². The Kier molecular flexibility index (Phi) is 3.38. The first-order valence-electron chi connectivity index (χ1n) is 4.23. The van der Waals surface area contributed by atoms with Gasteiger partial charge in [-0.2, -0.15) is 0 Å². The number of hydrogen-bond donors (Lipinski definition) is 0. The van der Waals surface area contributed by atoms with E-state index in [0.717, 1.165) is 19.4 Å². The number of hydrogen-bond acceptors (Lipinski definition) is 1. The van der Waals surface area contributed by atoms with Crippen molar-refractivity contribution in [3.8, 4) is 0 Å². The third-order valence-electron chi connectivity index (χ3n) is 2.48. The van der Waals surface area contributed by atoms with Gasteiger partial charge in [-0.3, -0.25) is 0 Å². The lowest BCUT2D eigenvalue weighted by molar-refractivity contribution is 0.0589. The van der Waals surface area contributed by atoms with Gasteiger partial charge in [0.25, 0.3) is 0 Å². The Bertz CT molecular complexity index is 142. The highest BCUT2D eigenvalue weighted by molar-refractivity contribution is 4.77. The van der Waals surface area contributed by atoms with E-state index < -0.39 is 0 Å². The third-order valence-corrected chi connectivity index (χ3v) is 2.48. The predicted molar refractivity (Wildman–Crippen MR) is 44.2 cm³/mol. The van der Waals surface area contributed by atoms with Crippen molar-refractivity contribution in [1.82, 2.24) is 0 Å². The van der Waals surface area contributed by atoms with E-state index in [-0.39, 0.29) is 0 Å². The molecule has 2 heteroatoms. The van der Waals surface area contributed by atoms with Gasteiger partial charge in [0.2, 0.25) is 6.54 Å². The van der Waals surface area contributed by atoms with Crippen LogP contribution in [0.25, 0.3) is 4.85 Å². The van der Waals surface area contributed by atoms with Gasteiger partial charge in [-0.25, -0.2) is 6.57 Å². The molecule has 0 aromatic heterocycles. The Balaban J connectivity index is 2.20. The summed E-state index contributed by atoms with van der Waals surface area (Å²) in [4.78, 5) is 3.42. The molecule has 0 saturated heterocycles. The molecule has 0 spiro atoms. The second-order valence-corrected chi connectivity index (χ2v) is 3.22. The van der Waals surface area contributed by atoms with Crippen molar-refractivity contribution in [3.05, 3.63) is 11.4 Å². The quantitative estimate of drug-likeness (QED) is 0.554. The minimum atomic E-state index is 0.469. The van der Waals surface area contributed by atoms with E-state index in [1.54, 1.807) is 7.11 Å². The van der Waals surface area contributed by atoms with Crippen molar-refractivity contribution in [2.45, 2.75) is 31.8 Å². The van der Waals surface area contributed by atoms with Gasteiger partial charge in [0.05, 0.1) is 6.10 Å². The van der Waals surface area contributed by atoms with Crippen molar-refractivity contribution in [3.63, 3.8) is 0 Å². The average molecular weight is 153 g/mol. The monoisotopic (exact) mass is 153 g/mol. The van der Waals surface area contributed by atoms with Crippen LogP contribution in [0.15, 0.2) is 0 Å². The number of rotatable bonds is 2. The molecule has 1 rings (SSSR count). The van der Waals surface area contributed by atoms with Crippen LogP contribution in [0, 0.1) is 12.5 Å². The zero-order chi connectivity index (χ0) is 8.10. The van der Waals surface area contributed by atoms with Crippen LogP contribution in [0.1, 0.15) is 25.7 Å². The highest BCUT2D eigenvalue weighted by Gasteiger charge is 2.22. The van der Waals surface area contributed by atoms with E-state index in [4.69, 9.17) is 11.3 Å². The predicted octanol–water partition coefficient (Wildman–Crippen LogP) is 2.11. The van der Waals surface area contributed by atoms with Gasteiger partial charge < -0.3 is 9.58 Å². The zero-order valence-electron chi connectivity index (χ0n) is 7.05. The fourth-order valence-corrected chi connectivity index (χ4v) is 1.68. The van der Waals surface area contributed by atoms with Crippen LogP contribution in [0.5, 0.6) is 0 Å². The molecule has 0 aromatic carbocycles. The summed E-state index contributed by atoms with van der Waals surface area (Å²) in [7, 11) is 1.78. The summed E-state index contributed by atoms with van der Waals surface area (Å²) < 4.78 is 5.24. The number of methoxy groups -OCH3 is 1. The summed E-state index contributed by atoms with van der Waals surface area (Å²) in [5.74, 6) is 0.652. The van der Waals surface area contributed by atoms with Gasteiger partial charge in [0.15, 0.2) is 0 Å². The third kappa shape index (κ3) is 2.51. The van der Waals surface area contributed by atoms with Gasteiger partial charge in [-0.05, 0) is 25.7 Å². The molecule has 0 aromatic rings. The standard InChI is InChI=1S/C9H15NO/c1-10-7-8-3-5-9(11-2)6-4-8/h8-9H,3-7H2,2H3. The zero-order valence-corrected chi connectivity index (χ0v) is 7.05. The maximum Gasteiger partial charge on any atom is 0.217 e. The number of nitrogens with zero attached hydrogens (tertiary/aromatic N) is 1. The van der Waals surface area contributed by atoms with Crippen LogP contribution in [0.3, 0.4) is 0 Å². The fourth-order valence-electron chi connectivity index (χ4n) is 1.68. The molecule has 0 atom stereocenters. The normalized spacial score (nSPS) is 31.3. The SMILES string of the molecule is [C-]#[N+]CC1CCC(OC)CC1. The van der Waals surface area contributed by atoms with Gasteiger partial charge >= 0.3 is 0 Å². The van der Waals surface area contributed by atoms with Crippen molar-refractivity contribution >= 4 is 0 Å². The molecule has 0 amide bonds. The smallest absolute Gasteiger partial charge is 0.217 e. The highest BCUT2D eigenvalue weighted by Crippen LogP contribution is 2.25. The largest absolute Gasteiger partial charge is 0.381 e. The Morgan fingerprint density at radius 2 is 2.00 bits per heavy atom. The van der Waals surface area contributed by atoms with E-state index in [0.29, 0.717) is 12.0 Å². The Labute approximate surface area is 68.4 Å². The van der Waals surface area contributed by atoms with Gasteiger partial charge in [0.1, 0.15) is 0 Å². The van der Waals surface area contributed by atoms with E-state index in [2.05, 4.69) is 4.85 Å².